The number of nitro groups is 1. The SMILES string of the molecule is Cc1ccn(Cc2ccc([N+](=O)[O-])cc2Cl)c(=O)c1. The van der Waals surface area contributed by atoms with Crippen LogP contribution in [0.2, 0.25) is 5.02 Å². The van der Waals surface area contributed by atoms with Crippen molar-refractivity contribution in [1.29, 1.82) is 0 Å². The molecule has 0 spiro atoms. The molecule has 0 unspecified atom stereocenters. The molecule has 0 saturated heterocycles. The van der Waals surface area contributed by atoms with Gasteiger partial charge in [-0.2, -0.15) is 0 Å². The molecule has 6 heteroatoms. The minimum Gasteiger partial charge on any atom is -0.311 e. The molecule has 0 saturated carbocycles. The van der Waals surface area contributed by atoms with Crippen molar-refractivity contribution in [2.24, 2.45) is 0 Å². The number of nitrogens with zero attached hydrogens (tertiary/aromatic N) is 2. The summed E-state index contributed by atoms with van der Waals surface area (Å²) in [4.78, 5) is 21.8. The van der Waals surface area contributed by atoms with Crippen LogP contribution in [0.1, 0.15) is 11.1 Å². The highest BCUT2D eigenvalue weighted by Gasteiger charge is 2.10. The van der Waals surface area contributed by atoms with Crippen LogP contribution in [0.4, 0.5) is 5.69 Å². The lowest BCUT2D eigenvalue weighted by Crippen LogP contribution is -2.19. The van der Waals surface area contributed by atoms with E-state index >= 15 is 0 Å². The van der Waals surface area contributed by atoms with Crippen molar-refractivity contribution >= 4 is 17.3 Å². The maximum atomic E-state index is 11.7. The second-order valence-electron chi connectivity index (χ2n) is 4.20. The fourth-order valence-electron chi connectivity index (χ4n) is 1.70. The number of non-ortho nitro benzene ring substituents is 1. The number of benzene rings is 1. The van der Waals surface area contributed by atoms with E-state index in [-0.39, 0.29) is 22.8 Å². The van der Waals surface area contributed by atoms with Gasteiger partial charge in [0.25, 0.3) is 11.2 Å². The maximum Gasteiger partial charge on any atom is 0.270 e. The molecular weight excluding hydrogens is 268 g/mol. The maximum absolute atomic E-state index is 11.7. The number of pyridine rings is 1. The Labute approximate surface area is 114 Å². The predicted molar refractivity (Wildman–Crippen MR) is 72.6 cm³/mol. The smallest absolute Gasteiger partial charge is 0.270 e. The van der Waals surface area contributed by atoms with E-state index in [0.717, 1.165) is 5.56 Å². The summed E-state index contributed by atoms with van der Waals surface area (Å²) in [5.41, 5.74) is 1.36. The van der Waals surface area contributed by atoms with Gasteiger partial charge in [0, 0.05) is 24.4 Å². The monoisotopic (exact) mass is 278 g/mol. The average Bonchev–Trinajstić information content (AvgIpc) is 2.34. The first-order valence-electron chi connectivity index (χ1n) is 5.57. The quantitative estimate of drug-likeness (QED) is 0.640. The van der Waals surface area contributed by atoms with Crippen LogP contribution in [0.3, 0.4) is 0 Å². The van der Waals surface area contributed by atoms with Gasteiger partial charge in [-0.05, 0) is 30.2 Å². The first-order valence-corrected chi connectivity index (χ1v) is 5.95. The normalized spacial score (nSPS) is 10.4. The third-order valence-electron chi connectivity index (χ3n) is 2.74. The van der Waals surface area contributed by atoms with E-state index < -0.39 is 4.92 Å². The van der Waals surface area contributed by atoms with Gasteiger partial charge >= 0.3 is 0 Å². The molecular formula is C13H11ClN2O3. The Morgan fingerprint density at radius 2 is 2.05 bits per heavy atom. The van der Waals surface area contributed by atoms with E-state index in [1.807, 2.05) is 13.0 Å². The number of rotatable bonds is 3. The van der Waals surface area contributed by atoms with Crippen LogP contribution in [0.5, 0.6) is 0 Å². The van der Waals surface area contributed by atoms with Crippen LogP contribution in [0.25, 0.3) is 0 Å². The van der Waals surface area contributed by atoms with Crippen LogP contribution in [-0.4, -0.2) is 9.49 Å². The topological polar surface area (TPSA) is 65.1 Å². The molecule has 2 aromatic rings. The van der Waals surface area contributed by atoms with Crippen LogP contribution < -0.4 is 5.56 Å². The van der Waals surface area contributed by atoms with Crippen molar-refractivity contribution in [1.82, 2.24) is 4.57 Å². The Bertz CT molecular complexity index is 695. The van der Waals surface area contributed by atoms with E-state index in [1.165, 1.54) is 22.8 Å². The van der Waals surface area contributed by atoms with Gasteiger partial charge in [0.2, 0.25) is 0 Å². The van der Waals surface area contributed by atoms with Gasteiger partial charge in [0.05, 0.1) is 16.5 Å². The molecule has 0 bridgehead atoms. The number of aryl methyl sites for hydroxylation is 1. The lowest BCUT2D eigenvalue weighted by molar-refractivity contribution is -0.384. The van der Waals surface area contributed by atoms with Gasteiger partial charge in [-0.25, -0.2) is 0 Å². The Kier molecular flexibility index (Phi) is 3.66. The minimum atomic E-state index is -0.506. The summed E-state index contributed by atoms with van der Waals surface area (Å²) in [5, 5.41) is 10.9. The summed E-state index contributed by atoms with van der Waals surface area (Å²) < 4.78 is 1.50. The standard InChI is InChI=1S/C13H11ClN2O3/c1-9-4-5-15(13(17)6-9)8-10-2-3-11(16(18)19)7-12(10)14/h2-7H,8H2,1H3. The summed E-state index contributed by atoms with van der Waals surface area (Å²) in [6, 6.07) is 7.57. The van der Waals surface area contributed by atoms with Crippen LogP contribution >= 0.6 is 11.6 Å². The zero-order valence-electron chi connectivity index (χ0n) is 10.2. The Morgan fingerprint density at radius 3 is 2.63 bits per heavy atom. The summed E-state index contributed by atoms with van der Waals surface area (Å²) >= 11 is 5.99. The molecule has 0 aliphatic heterocycles. The van der Waals surface area contributed by atoms with E-state index in [0.29, 0.717) is 5.56 Å². The molecule has 5 nitrogen and oxygen atoms in total. The molecule has 19 heavy (non-hydrogen) atoms. The molecule has 2 rings (SSSR count). The number of hydrogen-bond donors (Lipinski definition) is 0. The Hall–Kier alpha value is -2.14. The van der Waals surface area contributed by atoms with Crippen LogP contribution in [0.15, 0.2) is 41.3 Å². The number of halogens is 1. The molecule has 1 aromatic carbocycles. The van der Waals surface area contributed by atoms with Crippen LogP contribution in [0, 0.1) is 17.0 Å². The first kappa shape index (κ1) is 13.3. The average molecular weight is 279 g/mol. The fourth-order valence-corrected chi connectivity index (χ4v) is 1.93. The van der Waals surface area contributed by atoms with E-state index in [9.17, 15) is 14.9 Å². The third kappa shape index (κ3) is 3.00. The van der Waals surface area contributed by atoms with E-state index in [1.54, 1.807) is 12.3 Å². The largest absolute Gasteiger partial charge is 0.311 e. The van der Waals surface area contributed by atoms with Crippen molar-refractivity contribution in [3.8, 4) is 0 Å². The molecule has 1 heterocycles. The minimum absolute atomic E-state index is 0.0648. The Morgan fingerprint density at radius 1 is 1.32 bits per heavy atom. The molecule has 0 aliphatic carbocycles. The van der Waals surface area contributed by atoms with Gasteiger partial charge in [-0.15, -0.1) is 0 Å². The molecule has 0 atom stereocenters. The zero-order valence-corrected chi connectivity index (χ0v) is 10.9. The Balaban J connectivity index is 2.33. The third-order valence-corrected chi connectivity index (χ3v) is 3.09. The highest BCUT2D eigenvalue weighted by Crippen LogP contribution is 2.22. The van der Waals surface area contributed by atoms with Gasteiger partial charge in [0.1, 0.15) is 0 Å². The van der Waals surface area contributed by atoms with Gasteiger partial charge in [-0.3, -0.25) is 14.9 Å². The van der Waals surface area contributed by atoms with Gasteiger partial charge < -0.3 is 4.57 Å². The molecule has 1 aromatic heterocycles. The molecule has 98 valence electrons. The molecule has 0 radical (unpaired) electrons. The molecule has 0 N–H and O–H groups in total. The zero-order chi connectivity index (χ0) is 14.0. The van der Waals surface area contributed by atoms with Crippen molar-refractivity contribution < 1.29 is 4.92 Å². The first-order chi connectivity index (χ1) is 8.97. The predicted octanol–water partition coefficient (Wildman–Crippen LogP) is 2.77. The van der Waals surface area contributed by atoms with Crippen molar-refractivity contribution in [3.05, 3.63) is 73.1 Å². The number of nitro benzene ring substituents is 1. The van der Waals surface area contributed by atoms with Crippen molar-refractivity contribution in [2.45, 2.75) is 13.5 Å². The van der Waals surface area contributed by atoms with Gasteiger partial charge in [0.15, 0.2) is 0 Å². The molecule has 0 amide bonds. The summed E-state index contributed by atoms with van der Waals surface area (Å²) in [6.07, 6.45) is 1.68. The van der Waals surface area contributed by atoms with Crippen molar-refractivity contribution in [3.63, 3.8) is 0 Å². The van der Waals surface area contributed by atoms with E-state index in [4.69, 9.17) is 11.6 Å². The summed E-state index contributed by atoms with van der Waals surface area (Å²) in [6.45, 7) is 2.13. The van der Waals surface area contributed by atoms with Crippen molar-refractivity contribution in [2.75, 3.05) is 0 Å². The number of aromatic nitrogens is 1. The molecule has 0 fully saturated rings. The van der Waals surface area contributed by atoms with E-state index in [2.05, 4.69) is 0 Å². The van der Waals surface area contributed by atoms with Gasteiger partial charge in [-0.1, -0.05) is 11.6 Å². The second kappa shape index (κ2) is 5.24. The fraction of sp³-hybridized carbons (Fsp3) is 0.154. The lowest BCUT2D eigenvalue weighted by Gasteiger charge is -2.07. The number of hydrogen-bond acceptors (Lipinski definition) is 3. The molecule has 0 aliphatic rings. The second-order valence-corrected chi connectivity index (χ2v) is 4.61. The highest BCUT2D eigenvalue weighted by molar-refractivity contribution is 6.31. The summed E-state index contributed by atoms with van der Waals surface area (Å²) in [5.74, 6) is 0. The summed E-state index contributed by atoms with van der Waals surface area (Å²) in [7, 11) is 0. The van der Waals surface area contributed by atoms with Crippen LogP contribution in [-0.2, 0) is 6.54 Å². The lowest BCUT2D eigenvalue weighted by atomic mass is 10.2. The highest BCUT2D eigenvalue weighted by atomic mass is 35.5.